The van der Waals surface area contributed by atoms with E-state index in [1.54, 1.807) is 19.2 Å². The SMILES string of the molecule is CN=C(NCCC(=O)N1CCCCC1C)N1CC(C)OC(c2ccc(F)cc2)C1.I. The van der Waals surface area contributed by atoms with Crippen LogP contribution in [-0.4, -0.2) is 67.0 Å². The number of likely N-dealkylation sites (tertiary alicyclic amines) is 1. The Morgan fingerprint density at radius 1 is 1.23 bits per heavy atom. The van der Waals surface area contributed by atoms with Gasteiger partial charge >= 0.3 is 0 Å². The average molecular weight is 532 g/mol. The smallest absolute Gasteiger partial charge is 0.224 e. The molecule has 3 rings (SSSR count). The molecule has 1 N–H and O–H groups in total. The molecule has 2 heterocycles. The first-order valence-electron chi connectivity index (χ1n) is 10.6. The maximum absolute atomic E-state index is 13.2. The average Bonchev–Trinajstić information content (AvgIpc) is 2.71. The zero-order valence-electron chi connectivity index (χ0n) is 18.1. The number of benzene rings is 1. The van der Waals surface area contributed by atoms with Crippen molar-refractivity contribution in [3.63, 3.8) is 0 Å². The van der Waals surface area contributed by atoms with E-state index in [9.17, 15) is 9.18 Å². The number of morpholine rings is 1. The van der Waals surface area contributed by atoms with E-state index in [4.69, 9.17) is 4.74 Å². The van der Waals surface area contributed by atoms with Crippen LogP contribution >= 0.6 is 24.0 Å². The van der Waals surface area contributed by atoms with Crippen molar-refractivity contribution in [1.29, 1.82) is 0 Å². The van der Waals surface area contributed by atoms with Crippen LogP contribution in [0.1, 0.15) is 51.2 Å². The van der Waals surface area contributed by atoms with Gasteiger partial charge in [0, 0.05) is 39.1 Å². The van der Waals surface area contributed by atoms with Gasteiger partial charge in [0.15, 0.2) is 5.96 Å². The number of piperidine rings is 1. The van der Waals surface area contributed by atoms with Crippen molar-refractivity contribution < 1.29 is 13.9 Å². The lowest BCUT2D eigenvalue weighted by molar-refractivity contribution is -0.134. The molecule has 0 saturated carbocycles. The number of halogens is 2. The van der Waals surface area contributed by atoms with Gasteiger partial charge in [-0.25, -0.2) is 4.39 Å². The van der Waals surface area contributed by atoms with E-state index < -0.39 is 0 Å². The quantitative estimate of drug-likeness (QED) is 0.366. The fourth-order valence-electron chi connectivity index (χ4n) is 4.21. The minimum absolute atomic E-state index is 0. The number of amides is 1. The number of aliphatic imine (C=N–C) groups is 1. The van der Waals surface area contributed by atoms with Crippen molar-refractivity contribution in [1.82, 2.24) is 15.1 Å². The Bertz CT molecular complexity index is 716. The summed E-state index contributed by atoms with van der Waals surface area (Å²) in [4.78, 5) is 21.1. The van der Waals surface area contributed by atoms with Gasteiger partial charge in [0.2, 0.25) is 5.91 Å². The molecule has 0 aromatic heterocycles. The lowest BCUT2D eigenvalue weighted by Gasteiger charge is -2.39. The fourth-order valence-corrected chi connectivity index (χ4v) is 4.21. The molecule has 30 heavy (non-hydrogen) atoms. The highest BCUT2D eigenvalue weighted by Gasteiger charge is 2.29. The Kier molecular flexibility index (Phi) is 9.80. The van der Waals surface area contributed by atoms with Crippen molar-refractivity contribution in [3.05, 3.63) is 35.6 Å². The van der Waals surface area contributed by atoms with Crippen LogP contribution in [0.5, 0.6) is 0 Å². The lowest BCUT2D eigenvalue weighted by atomic mass is 10.0. The summed E-state index contributed by atoms with van der Waals surface area (Å²) in [6, 6.07) is 6.80. The summed E-state index contributed by atoms with van der Waals surface area (Å²) in [5.41, 5.74) is 0.952. The van der Waals surface area contributed by atoms with Gasteiger partial charge in [-0.2, -0.15) is 0 Å². The fraction of sp³-hybridized carbons (Fsp3) is 0.636. The van der Waals surface area contributed by atoms with Crippen LogP contribution in [0.2, 0.25) is 0 Å². The second-order valence-corrected chi connectivity index (χ2v) is 8.05. The van der Waals surface area contributed by atoms with Gasteiger partial charge < -0.3 is 19.9 Å². The number of guanidine groups is 1. The molecular weight excluding hydrogens is 498 g/mol. The van der Waals surface area contributed by atoms with Crippen molar-refractivity contribution in [2.75, 3.05) is 33.2 Å². The van der Waals surface area contributed by atoms with Crippen LogP contribution in [0.3, 0.4) is 0 Å². The van der Waals surface area contributed by atoms with Gasteiger partial charge in [-0.05, 0) is 50.8 Å². The molecule has 2 aliphatic heterocycles. The Morgan fingerprint density at radius 3 is 2.63 bits per heavy atom. The lowest BCUT2D eigenvalue weighted by Crippen LogP contribution is -2.51. The Morgan fingerprint density at radius 2 is 1.97 bits per heavy atom. The van der Waals surface area contributed by atoms with Crippen LogP contribution in [0.25, 0.3) is 0 Å². The normalized spacial score (nSPS) is 24.9. The predicted octanol–water partition coefficient (Wildman–Crippen LogP) is 3.57. The largest absolute Gasteiger partial charge is 0.367 e. The van der Waals surface area contributed by atoms with Gasteiger partial charge in [0.25, 0.3) is 0 Å². The Balaban J connectivity index is 0.00000320. The first-order chi connectivity index (χ1) is 14.0. The number of hydrogen-bond donors (Lipinski definition) is 1. The van der Waals surface area contributed by atoms with Crippen LogP contribution in [-0.2, 0) is 9.53 Å². The predicted molar refractivity (Wildman–Crippen MR) is 128 cm³/mol. The van der Waals surface area contributed by atoms with Crippen LogP contribution in [0.4, 0.5) is 4.39 Å². The van der Waals surface area contributed by atoms with Crippen LogP contribution < -0.4 is 5.32 Å². The molecule has 2 fully saturated rings. The third kappa shape index (κ3) is 6.54. The number of carbonyl (C=O) groups excluding carboxylic acids is 1. The zero-order valence-corrected chi connectivity index (χ0v) is 20.5. The highest BCUT2D eigenvalue weighted by molar-refractivity contribution is 14.0. The molecule has 0 radical (unpaired) electrons. The minimum atomic E-state index is -0.250. The standard InChI is InChI=1S/C22H33FN4O2.HI/c1-16-6-4-5-13-27(16)21(28)11-12-25-22(24-3)26-14-17(2)29-20(15-26)18-7-9-19(23)10-8-18;/h7-10,16-17,20H,4-6,11-15H2,1-3H3,(H,24,25);1H. The van der Waals surface area contributed by atoms with Crippen LogP contribution in [0.15, 0.2) is 29.3 Å². The molecule has 6 nitrogen and oxygen atoms in total. The topological polar surface area (TPSA) is 57.2 Å². The molecule has 3 atom stereocenters. The monoisotopic (exact) mass is 532 g/mol. The maximum atomic E-state index is 13.2. The highest BCUT2D eigenvalue weighted by atomic mass is 127. The molecular formula is C22H34FIN4O2. The number of carbonyl (C=O) groups is 1. The summed E-state index contributed by atoms with van der Waals surface area (Å²) in [6.45, 7) is 6.93. The molecule has 2 aliphatic rings. The number of hydrogen-bond acceptors (Lipinski definition) is 3. The summed E-state index contributed by atoms with van der Waals surface area (Å²) >= 11 is 0. The number of nitrogens with one attached hydrogen (secondary N) is 1. The molecule has 8 heteroatoms. The minimum Gasteiger partial charge on any atom is -0.367 e. The summed E-state index contributed by atoms with van der Waals surface area (Å²) in [6.07, 6.45) is 3.74. The molecule has 1 aromatic carbocycles. The van der Waals surface area contributed by atoms with Gasteiger partial charge in [-0.3, -0.25) is 9.79 Å². The molecule has 168 valence electrons. The van der Waals surface area contributed by atoms with Crippen molar-refractivity contribution in [2.45, 2.75) is 57.8 Å². The summed E-state index contributed by atoms with van der Waals surface area (Å²) in [5.74, 6) is 0.728. The molecule has 1 amide bonds. The van der Waals surface area contributed by atoms with E-state index in [2.05, 4.69) is 22.1 Å². The molecule has 0 aliphatic carbocycles. The van der Waals surface area contributed by atoms with Crippen LogP contribution in [0, 0.1) is 5.82 Å². The molecule has 3 unspecified atom stereocenters. The Labute approximate surface area is 196 Å². The summed E-state index contributed by atoms with van der Waals surface area (Å²) in [5, 5.41) is 3.34. The molecule has 0 spiro atoms. The second-order valence-electron chi connectivity index (χ2n) is 8.05. The van der Waals surface area contributed by atoms with E-state index >= 15 is 0 Å². The first-order valence-corrected chi connectivity index (χ1v) is 10.6. The number of ether oxygens (including phenoxy) is 1. The summed E-state index contributed by atoms with van der Waals surface area (Å²) < 4.78 is 19.3. The van der Waals surface area contributed by atoms with Crippen molar-refractivity contribution >= 4 is 35.8 Å². The van der Waals surface area contributed by atoms with Gasteiger partial charge in [-0.15, -0.1) is 24.0 Å². The number of rotatable bonds is 4. The maximum Gasteiger partial charge on any atom is 0.224 e. The zero-order chi connectivity index (χ0) is 20.8. The van der Waals surface area contributed by atoms with E-state index in [-0.39, 0.29) is 47.9 Å². The third-order valence-corrected chi connectivity index (χ3v) is 5.76. The third-order valence-electron chi connectivity index (χ3n) is 5.76. The first kappa shape index (κ1) is 24.8. The van der Waals surface area contributed by atoms with E-state index in [0.717, 1.165) is 30.9 Å². The molecule has 1 aromatic rings. The van der Waals surface area contributed by atoms with E-state index in [1.165, 1.54) is 18.6 Å². The van der Waals surface area contributed by atoms with Gasteiger partial charge in [0.05, 0.1) is 12.6 Å². The summed E-state index contributed by atoms with van der Waals surface area (Å²) in [7, 11) is 1.75. The van der Waals surface area contributed by atoms with E-state index in [1.807, 2.05) is 11.8 Å². The number of nitrogens with zero attached hydrogens (tertiary/aromatic N) is 3. The highest BCUT2D eigenvalue weighted by Crippen LogP contribution is 2.25. The second kappa shape index (κ2) is 11.8. The van der Waals surface area contributed by atoms with Gasteiger partial charge in [0.1, 0.15) is 11.9 Å². The van der Waals surface area contributed by atoms with Crippen molar-refractivity contribution in [2.24, 2.45) is 4.99 Å². The van der Waals surface area contributed by atoms with Gasteiger partial charge in [-0.1, -0.05) is 12.1 Å². The Hall–Kier alpha value is -1.42. The van der Waals surface area contributed by atoms with E-state index in [0.29, 0.717) is 32.1 Å². The molecule has 0 bridgehead atoms. The molecule has 2 saturated heterocycles. The van der Waals surface area contributed by atoms with Crippen molar-refractivity contribution in [3.8, 4) is 0 Å².